The summed E-state index contributed by atoms with van der Waals surface area (Å²) in [6.07, 6.45) is 3.77. The van der Waals surface area contributed by atoms with E-state index in [1.54, 1.807) is 22.4 Å². The number of hydrogen-bond donors (Lipinski definition) is 1. The lowest BCUT2D eigenvalue weighted by Crippen LogP contribution is -2.47. The van der Waals surface area contributed by atoms with Gasteiger partial charge in [-0.15, -0.1) is 16.4 Å². The predicted molar refractivity (Wildman–Crippen MR) is 114 cm³/mol. The molecule has 156 valence electrons. The second-order valence-corrected chi connectivity index (χ2v) is 8.79. The zero-order valence-electron chi connectivity index (χ0n) is 16.2. The number of nitrogens with zero attached hydrogens (tertiary/aromatic N) is 3. The number of rotatable bonds is 7. The standard InChI is InChI=1S/C21H21FN4O2S2/c22-15-9-7-14(8-10-15)12-23-20(27)19(18-6-3-11-29-18)26(16-4-1-2-5-16)21(28)17-13-30-25-24-17/h3,6-11,13,16,19H,1-2,4-5,12H2,(H,23,27). The molecule has 3 aromatic rings. The first-order valence-electron chi connectivity index (χ1n) is 9.79. The first kappa shape index (κ1) is 20.6. The van der Waals surface area contributed by atoms with Crippen molar-refractivity contribution >= 4 is 34.7 Å². The van der Waals surface area contributed by atoms with Gasteiger partial charge in [0.05, 0.1) is 0 Å². The number of halogens is 1. The highest BCUT2D eigenvalue weighted by molar-refractivity contribution is 7.10. The second kappa shape index (κ2) is 9.44. The minimum absolute atomic E-state index is 0.0251. The summed E-state index contributed by atoms with van der Waals surface area (Å²) in [6, 6.07) is 8.98. The Labute approximate surface area is 181 Å². The highest BCUT2D eigenvalue weighted by atomic mass is 32.1. The van der Waals surface area contributed by atoms with Crippen molar-refractivity contribution in [2.75, 3.05) is 0 Å². The van der Waals surface area contributed by atoms with Crippen LogP contribution < -0.4 is 5.32 Å². The van der Waals surface area contributed by atoms with Crippen LogP contribution in [0.2, 0.25) is 0 Å². The van der Waals surface area contributed by atoms with Gasteiger partial charge < -0.3 is 10.2 Å². The fourth-order valence-electron chi connectivity index (χ4n) is 3.79. The SMILES string of the molecule is O=C(NCc1ccc(F)cc1)C(c1cccs1)N(C(=O)c1csnn1)C1CCCC1. The molecule has 2 amide bonds. The van der Waals surface area contributed by atoms with E-state index < -0.39 is 6.04 Å². The van der Waals surface area contributed by atoms with E-state index in [0.717, 1.165) is 47.7 Å². The van der Waals surface area contributed by atoms with Crippen molar-refractivity contribution in [2.45, 2.75) is 44.3 Å². The predicted octanol–water partition coefficient (Wildman–Crippen LogP) is 4.18. The van der Waals surface area contributed by atoms with Crippen molar-refractivity contribution in [3.8, 4) is 0 Å². The van der Waals surface area contributed by atoms with E-state index in [9.17, 15) is 14.0 Å². The molecule has 0 spiro atoms. The molecule has 2 heterocycles. The largest absolute Gasteiger partial charge is 0.350 e. The van der Waals surface area contributed by atoms with Crippen LogP contribution in [0.25, 0.3) is 0 Å². The Balaban J connectivity index is 1.62. The Kier molecular flexibility index (Phi) is 6.49. The molecule has 1 aliphatic rings. The lowest BCUT2D eigenvalue weighted by Gasteiger charge is -2.34. The number of thiophene rings is 1. The highest BCUT2D eigenvalue weighted by Crippen LogP contribution is 2.34. The maximum Gasteiger partial charge on any atom is 0.276 e. The summed E-state index contributed by atoms with van der Waals surface area (Å²) in [7, 11) is 0. The molecule has 0 saturated heterocycles. The van der Waals surface area contributed by atoms with Crippen molar-refractivity contribution in [3.05, 3.63) is 69.1 Å². The third-order valence-corrected chi connectivity index (χ3v) is 6.68. The van der Waals surface area contributed by atoms with Gasteiger partial charge >= 0.3 is 0 Å². The van der Waals surface area contributed by atoms with Crippen molar-refractivity contribution in [1.82, 2.24) is 19.8 Å². The summed E-state index contributed by atoms with van der Waals surface area (Å²) in [5, 5.41) is 10.4. The van der Waals surface area contributed by atoms with Gasteiger partial charge in [-0.1, -0.05) is 35.5 Å². The summed E-state index contributed by atoms with van der Waals surface area (Å²) in [4.78, 5) is 29.2. The monoisotopic (exact) mass is 444 g/mol. The molecule has 30 heavy (non-hydrogen) atoms. The van der Waals surface area contributed by atoms with Gasteiger partial charge in [0.2, 0.25) is 5.91 Å². The molecule has 0 radical (unpaired) electrons. The fraction of sp³-hybridized carbons (Fsp3) is 0.333. The van der Waals surface area contributed by atoms with Crippen LogP contribution in [0.1, 0.15) is 52.7 Å². The molecule has 1 aromatic carbocycles. The molecule has 1 atom stereocenters. The highest BCUT2D eigenvalue weighted by Gasteiger charge is 2.39. The van der Waals surface area contributed by atoms with E-state index in [1.165, 1.54) is 23.5 Å². The zero-order valence-corrected chi connectivity index (χ0v) is 17.8. The van der Waals surface area contributed by atoms with Crippen LogP contribution >= 0.6 is 22.9 Å². The van der Waals surface area contributed by atoms with Crippen LogP contribution in [0.4, 0.5) is 4.39 Å². The van der Waals surface area contributed by atoms with Crippen molar-refractivity contribution in [1.29, 1.82) is 0 Å². The molecule has 1 fully saturated rings. The maximum atomic E-state index is 13.4. The Morgan fingerprint density at radius 3 is 2.60 bits per heavy atom. The van der Waals surface area contributed by atoms with Crippen LogP contribution in [0.5, 0.6) is 0 Å². The van der Waals surface area contributed by atoms with Crippen molar-refractivity contribution in [2.24, 2.45) is 0 Å². The van der Waals surface area contributed by atoms with Gasteiger partial charge in [-0.2, -0.15) is 0 Å². The third-order valence-electron chi connectivity index (χ3n) is 5.25. The van der Waals surface area contributed by atoms with Crippen molar-refractivity contribution in [3.63, 3.8) is 0 Å². The number of benzene rings is 1. The maximum absolute atomic E-state index is 13.4. The average Bonchev–Trinajstić information content (AvgIpc) is 3.53. The van der Waals surface area contributed by atoms with E-state index >= 15 is 0 Å². The first-order valence-corrected chi connectivity index (χ1v) is 11.5. The van der Waals surface area contributed by atoms with Gasteiger partial charge in [0.15, 0.2) is 5.69 Å². The summed E-state index contributed by atoms with van der Waals surface area (Å²) >= 11 is 2.56. The minimum Gasteiger partial charge on any atom is -0.350 e. The molecule has 0 bridgehead atoms. The van der Waals surface area contributed by atoms with Gasteiger partial charge in [0.1, 0.15) is 11.9 Å². The van der Waals surface area contributed by atoms with Crippen LogP contribution in [0, 0.1) is 5.82 Å². The average molecular weight is 445 g/mol. The Bertz CT molecular complexity index is 971. The topological polar surface area (TPSA) is 75.2 Å². The van der Waals surface area contributed by atoms with Gasteiger partial charge in [0, 0.05) is 22.8 Å². The lowest BCUT2D eigenvalue weighted by molar-refractivity contribution is -0.126. The minimum atomic E-state index is -0.747. The summed E-state index contributed by atoms with van der Waals surface area (Å²) in [5.74, 6) is -0.854. The van der Waals surface area contributed by atoms with E-state index in [1.807, 2.05) is 17.5 Å². The molecule has 9 heteroatoms. The van der Waals surface area contributed by atoms with E-state index in [-0.39, 0.29) is 35.9 Å². The summed E-state index contributed by atoms with van der Waals surface area (Å²) in [5.41, 5.74) is 1.05. The molecule has 2 aromatic heterocycles. The van der Waals surface area contributed by atoms with E-state index in [0.29, 0.717) is 0 Å². The normalized spacial score (nSPS) is 15.1. The lowest BCUT2D eigenvalue weighted by atomic mass is 10.1. The van der Waals surface area contributed by atoms with Crippen LogP contribution in [-0.2, 0) is 11.3 Å². The first-order chi connectivity index (χ1) is 14.6. The third kappa shape index (κ3) is 4.57. The number of aromatic nitrogens is 2. The van der Waals surface area contributed by atoms with Crippen molar-refractivity contribution < 1.29 is 14.0 Å². The van der Waals surface area contributed by atoms with Gasteiger partial charge in [0.25, 0.3) is 5.91 Å². The smallest absolute Gasteiger partial charge is 0.276 e. The van der Waals surface area contributed by atoms with Gasteiger partial charge in [-0.25, -0.2) is 4.39 Å². The van der Waals surface area contributed by atoms with E-state index in [4.69, 9.17) is 0 Å². The molecule has 1 unspecified atom stereocenters. The Morgan fingerprint density at radius 1 is 1.20 bits per heavy atom. The molecular weight excluding hydrogens is 423 g/mol. The van der Waals surface area contributed by atoms with Crippen LogP contribution in [0.3, 0.4) is 0 Å². The summed E-state index contributed by atoms with van der Waals surface area (Å²) in [6.45, 7) is 0.256. The second-order valence-electron chi connectivity index (χ2n) is 7.20. The molecule has 1 aliphatic carbocycles. The number of amides is 2. The molecule has 6 nitrogen and oxygen atoms in total. The Hall–Kier alpha value is -2.65. The van der Waals surface area contributed by atoms with Crippen LogP contribution in [-0.4, -0.2) is 32.3 Å². The number of carbonyl (C=O) groups excluding carboxylic acids is 2. The molecular formula is C21H21FN4O2S2. The summed E-state index contributed by atoms with van der Waals surface area (Å²) < 4.78 is 17.0. The quantitative estimate of drug-likeness (QED) is 0.593. The zero-order chi connectivity index (χ0) is 20.9. The Morgan fingerprint density at radius 2 is 1.97 bits per heavy atom. The fourth-order valence-corrected chi connectivity index (χ4v) is 5.04. The van der Waals surface area contributed by atoms with Crippen LogP contribution in [0.15, 0.2) is 47.2 Å². The molecule has 0 aliphatic heterocycles. The number of hydrogen-bond acceptors (Lipinski definition) is 6. The molecule has 4 rings (SSSR count). The van der Waals surface area contributed by atoms with Gasteiger partial charge in [-0.05, 0) is 53.5 Å². The molecule has 1 N–H and O–H groups in total. The number of nitrogens with one attached hydrogen (secondary N) is 1. The van der Waals surface area contributed by atoms with E-state index in [2.05, 4.69) is 14.9 Å². The molecule has 1 saturated carbocycles. The van der Waals surface area contributed by atoms with Gasteiger partial charge in [-0.3, -0.25) is 9.59 Å². The number of carbonyl (C=O) groups is 2.